The van der Waals surface area contributed by atoms with Gasteiger partial charge in [-0.3, -0.25) is 0 Å². The summed E-state index contributed by atoms with van der Waals surface area (Å²) < 4.78 is 0. The second-order valence-corrected chi connectivity index (χ2v) is 4.91. The van der Waals surface area contributed by atoms with Crippen LogP contribution < -0.4 is 0 Å². The van der Waals surface area contributed by atoms with E-state index >= 15 is 0 Å². The summed E-state index contributed by atoms with van der Waals surface area (Å²) in [5, 5.41) is 27.2. The minimum atomic E-state index is -0.00693. The molecule has 0 saturated carbocycles. The fourth-order valence-electron chi connectivity index (χ4n) is 1.96. The number of likely N-dealkylation sites (tertiary alicyclic amines) is 1. The zero-order valence-electron chi connectivity index (χ0n) is 10.4. The molecule has 1 heterocycles. The first-order chi connectivity index (χ1) is 8.54. The van der Waals surface area contributed by atoms with E-state index in [1.807, 2.05) is 19.1 Å². The van der Waals surface area contributed by atoms with Crippen LogP contribution in [-0.4, -0.2) is 23.2 Å². The molecule has 1 aliphatic rings. The summed E-state index contributed by atoms with van der Waals surface area (Å²) in [4.78, 5) is 2.08. The highest BCUT2D eigenvalue weighted by molar-refractivity contribution is 7.81. The molecule has 1 aliphatic heterocycles. The van der Waals surface area contributed by atoms with E-state index in [-0.39, 0.29) is 5.57 Å². The standard InChI is InChI=1S/C13H14N4S/c1-9(11(5-14)6-15)13(7-16)10(2)17-4-3-12(18)8-17/h12,18H,3-4,8H2,1-2H3/b13-10+. The van der Waals surface area contributed by atoms with Crippen molar-refractivity contribution in [1.29, 1.82) is 15.8 Å². The van der Waals surface area contributed by atoms with Crippen LogP contribution in [0, 0.1) is 34.0 Å². The van der Waals surface area contributed by atoms with E-state index in [1.165, 1.54) is 0 Å². The summed E-state index contributed by atoms with van der Waals surface area (Å²) in [6, 6.07) is 5.74. The minimum absolute atomic E-state index is 0.00693. The van der Waals surface area contributed by atoms with Crippen LogP contribution in [0.4, 0.5) is 0 Å². The van der Waals surface area contributed by atoms with Crippen molar-refractivity contribution in [2.75, 3.05) is 13.1 Å². The molecule has 1 fully saturated rings. The maximum Gasteiger partial charge on any atom is 0.133 e. The molecule has 1 saturated heterocycles. The van der Waals surface area contributed by atoms with Crippen LogP contribution in [0.25, 0.3) is 0 Å². The molecule has 18 heavy (non-hydrogen) atoms. The third-order valence-electron chi connectivity index (χ3n) is 3.08. The van der Waals surface area contributed by atoms with Crippen molar-refractivity contribution < 1.29 is 0 Å². The molecule has 0 aromatic heterocycles. The number of thiol groups is 1. The lowest BCUT2D eigenvalue weighted by Gasteiger charge is -2.20. The van der Waals surface area contributed by atoms with Crippen LogP contribution in [0.3, 0.4) is 0 Å². The Bertz CT molecular complexity index is 509. The first-order valence-corrected chi connectivity index (χ1v) is 6.12. The Labute approximate surface area is 113 Å². The molecule has 1 atom stereocenters. The number of rotatable bonds is 2. The molecule has 5 heteroatoms. The van der Waals surface area contributed by atoms with Crippen molar-refractivity contribution in [3.05, 3.63) is 22.4 Å². The fourth-order valence-corrected chi connectivity index (χ4v) is 2.27. The second-order valence-electron chi connectivity index (χ2n) is 4.18. The number of nitriles is 3. The van der Waals surface area contributed by atoms with Crippen molar-refractivity contribution >= 4 is 12.6 Å². The lowest BCUT2D eigenvalue weighted by Crippen LogP contribution is -2.20. The van der Waals surface area contributed by atoms with Crippen LogP contribution in [0.2, 0.25) is 0 Å². The monoisotopic (exact) mass is 258 g/mol. The average Bonchev–Trinajstić information content (AvgIpc) is 2.78. The number of allylic oxidation sites excluding steroid dienone is 4. The van der Waals surface area contributed by atoms with Gasteiger partial charge in [0, 0.05) is 24.0 Å². The summed E-state index contributed by atoms with van der Waals surface area (Å²) in [7, 11) is 0. The van der Waals surface area contributed by atoms with Crippen LogP contribution in [0.1, 0.15) is 20.3 Å². The lowest BCUT2D eigenvalue weighted by atomic mass is 10.0. The van der Waals surface area contributed by atoms with Gasteiger partial charge in [-0.2, -0.15) is 28.4 Å². The SMILES string of the molecule is CC(=C(C#N)C#N)/C(C#N)=C(\C)N1CCC(S)C1. The smallest absolute Gasteiger partial charge is 0.133 e. The molecule has 1 unspecified atom stereocenters. The quantitative estimate of drug-likeness (QED) is 0.468. The summed E-state index contributed by atoms with van der Waals surface area (Å²) in [6.07, 6.45) is 0.977. The summed E-state index contributed by atoms with van der Waals surface area (Å²) in [5.41, 5.74) is 1.67. The van der Waals surface area contributed by atoms with Crippen molar-refractivity contribution in [3.8, 4) is 18.2 Å². The van der Waals surface area contributed by atoms with Crippen LogP contribution >= 0.6 is 12.6 Å². The average molecular weight is 258 g/mol. The zero-order chi connectivity index (χ0) is 13.7. The van der Waals surface area contributed by atoms with Crippen molar-refractivity contribution in [3.63, 3.8) is 0 Å². The van der Waals surface area contributed by atoms with Crippen LogP contribution in [0.15, 0.2) is 22.4 Å². The van der Waals surface area contributed by atoms with E-state index in [9.17, 15) is 5.26 Å². The van der Waals surface area contributed by atoms with Crippen molar-refractivity contribution in [1.82, 2.24) is 4.90 Å². The largest absolute Gasteiger partial charge is 0.373 e. The van der Waals surface area contributed by atoms with E-state index in [0.717, 1.165) is 25.2 Å². The Hall–Kier alpha value is -1.90. The summed E-state index contributed by atoms with van der Waals surface area (Å²) in [6.45, 7) is 5.13. The molecule has 0 radical (unpaired) electrons. The predicted octanol–water partition coefficient (Wildman–Crippen LogP) is 2.15. The maximum absolute atomic E-state index is 9.23. The number of nitrogens with zero attached hydrogens (tertiary/aromatic N) is 4. The van der Waals surface area contributed by atoms with E-state index in [2.05, 4.69) is 23.6 Å². The molecule has 1 rings (SSSR count). The third-order valence-corrected chi connectivity index (χ3v) is 3.51. The molecule has 92 valence electrons. The van der Waals surface area contributed by atoms with Crippen LogP contribution in [-0.2, 0) is 0 Å². The van der Waals surface area contributed by atoms with Gasteiger partial charge in [-0.25, -0.2) is 0 Å². The molecule has 0 aromatic rings. The lowest BCUT2D eigenvalue weighted by molar-refractivity contribution is 0.426. The molecule has 0 N–H and O–H groups in total. The van der Waals surface area contributed by atoms with E-state index in [4.69, 9.17) is 10.5 Å². The summed E-state index contributed by atoms with van der Waals surface area (Å²) >= 11 is 4.41. The first-order valence-electron chi connectivity index (χ1n) is 5.60. The van der Waals surface area contributed by atoms with Crippen molar-refractivity contribution in [2.45, 2.75) is 25.5 Å². The fraction of sp³-hybridized carbons (Fsp3) is 0.462. The first kappa shape index (κ1) is 14.2. The predicted molar refractivity (Wildman–Crippen MR) is 71.2 cm³/mol. The van der Waals surface area contributed by atoms with Gasteiger partial charge >= 0.3 is 0 Å². The highest BCUT2D eigenvalue weighted by atomic mass is 32.1. The third kappa shape index (κ3) is 2.86. The molecular weight excluding hydrogens is 244 g/mol. The molecular formula is C13H14N4S. The Kier molecular flexibility index (Phi) is 4.84. The summed E-state index contributed by atoms with van der Waals surface area (Å²) in [5.74, 6) is 0. The Balaban J connectivity index is 3.19. The number of hydrogen-bond acceptors (Lipinski definition) is 5. The highest BCUT2D eigenvalue weighted by Crippen LogP contribution is 2.24. The normalized spacial score (nSPS) is 19.3. The Morgan fingerprint density at radius 3 is 2.17 bits per heavy atom. The van der Waals surface area contributed by atoms with E-state index in [0.29, 0.717) is 16.4 Å². The van der Waals surface area contributed by atoms with E-state index in [1.54, 1.807) is 6.92 Å². The topological polar surface area (TPSA) is 74.6 Å². The molecule has 0 aromatic carbocycles. The van der Waals surface area contributed by atoms with Gasteiger partial charge in [0.25, 0.3) is 0 Å². The number of hydrogen-bond donors (Lipinski definition) is 1. The van der Waals surface area contributed by atoms with E-state index < -0.39 is 0 Å². The van der Waals surface area contributed by atoms with Crippen LogP contribution in [0.5, 0.6) is 0 Å². The van der Waals surface area contributed by atoms with Gasteiger partial charge in [0.1, 0.15) is 23.8 Å². The maximum atomic E-state index is 9.23. The van der Waals surface area contributed by atoms with Gasteiger partial charge in [-0.15, -0.1) is 0 Å². The molecule has 4 nitrogen and oxygen atoms in total. The van der Waals surface area contributed by atoms with Gasteiger partial charge < -0.3 is 4.90 Å². The minimum Gasteiger partial charge on any atom is -0.373 e. The zero-order valence-corrected chi connectivity index (χ0v) is 11.3. The van der Waals surface area contributed by atoms with Gasteiger partial charge in [0.15, 0.2) is 0 Å². The van der Waals surface area contributed by atoms with Gasteiger partial charge in [0.05, 0.1) is 5.57 Å². The van der Waals surface area contributed by atoms with Gasteiger partial charge in [-0.05, 0) is 25.8 Å². The second kappa shape index (κ2) is 6.15. The molecule has 0 aliphatic carbocycles. The molecule has 0 bridgehead atoms. The molecule has 0 spiro atoms. The van der Waals surface area contributed by atoms with Gasteiger partial charge in [0.2, 0.25) is 0 Å². The van der Waals surface area contributed by atoms with Crippen molar-refractivity contribution in [2.24, 2.45) is 0 Å². The van der Waals surface area contributed by atoms with Gasteiger partial charge in [-0.1, -0.05) is 0 Å². The Morgan fingerprint density at radius 1 is 1.17 bits per heavy atom. The Morgan fingerprint density at radius 2 is 1.78 bits per heavy atom. The highest BCUT2D eigenvalue weighted by Gasteiger charge is 2.22. The molecule has 0 amide bonds.